The molecule has 4 rings (SSSR count). The minimum absolute atomic E-state index is 0.371. The smallest absolute Gasteiger partial charge is 0.223 e. The molecule has 0 aliphatic carbocycles. The van der Waals surface area contributed by atoms with Crippen LogP contribution in [0.25, 0.3) is 16.9 Å². The predicted octanol–water partition coefficient (Wildman–Crippen LogP) is 3.37. The Labute approximate surface area is 159 Å². The molecule has 3 aromatic heterocycles. The summed E-state index contributed by atoms with van der Waals surface area (Å²) in [6, 6.07) is 6.40. The third-order valence-electron chi connectivity index (χ3n) is 5.21. The van der Waals surface area contributed by atoms with Gasteiger partial charge in [-0.05, 0) is 37.0 Å². The van der Waals surface area contributed by atoms with Gasteiger partial charge in [-0.15, -0.1) is 10.2 Å². The van der Waals surface area contributed by atoms with Gasteiger partial charge in [-0.1, -0.05) is 20.3 Å². The summed E-state index contributed by atoms with van der Waals surface area (Å²) in [6.45, 7) is 6.02. The molecule has 142 valence electrons. The molecule has 0 saturated carbocycles. The van der Waals surface area contributed by atoms with Gasteiger partial charge in [-0.2, -0.15) is 0 Å². The van der Waals surface area contributed by atoms with E-state index in [0.29, 0.717) is 17.9 Å². The van der Waals surface area contributed by atoms with Crippen molar-refractivity contribution in [3.8, 4) is 11.3 Å². The molecular formula is C20H26N6O. The number of rotatable bonds is 6. The second-order valence-corrected chi connectivity index (χ2v) is 7.27. The Morgan fingerprint density at radius 2 is 2.11 bits per heavy atom. The van der Waals surface area contributed by atoms with E-state index >= 15 is 0 Å². The molecule has 0 spiro atoms. The van der Waals surface area contributed by atoms with Gasteiger partial charge in [0.15, 0.2) is 5.65 Å². The fourth-order valence-electron chi connectivity index (χ4n) is 3.31. The lowest BCUT2D eigenvalue weighted by Crippen LogP contribution is -2.28. The highest BCUT2D eigenvalue weighted by molar-refractivity contribution is 5.64. The van der Waals surface area contributed by atoms with Gasteiger partial charge in [0.25, 0.3) is 0 Å². The second kappa shape index (κ2) is 8.00. The number of hydrogen-bond donors (Lipinski definition) is 1. The lowest BCUT2D eigenvalue weighted by atomic mass is 10.1. The van der Waals surface area contributed by atoms with Crippen LogP contribution in [0.4, 0.5) is 5.95 Å². The molecule has 0 unspecified atom stereocenters. The third kappa shape index (κ3) is 4.08. The van der Waals surface area contributed by atoms with E-state index in [1.54, 1.807) is 6.20 Å². The van der Waals surface area contributed by atoms with Gasteiger partial charge in [0, 0.05) is 43.6 Å². The highest BCUT2D eigenvalue weighted by Crippen LogP contribution is 2.21. The normalized spacial score (nSPS) is 16.5. The van der Waals surface area contributed by atoms with Gasteiger partial charge in [-0.3, -0.25) is 4.40 Å². The van der Waals surface area contributed by atoms with Crippen LogP contribution in [0.1, 0.15) is 38.9 Å². The molecule has 3 aromatic rings. The van der Waals surface area contributed by atoms with Crippen molar-refractivity contribution in [1.29, 1.82) is 0 Å². The molecule has 1 N–H and O–H groups in total. The summed E-state index contributed by atoms with van der Waals surface area (Å²) in [5.41, 5.74) is 2.75. The molecule has 7 nitrogen and oxygen atoms in total. The second-order valence-electron chi connectivity index (χ2n) is 7.27. The SMILES string of the molecule is CC[C@H](C)Cc1nnc2cc(-c3ccnc(NC4CCOCC4)n3)ccn12. The molecule has 0 bridgehead atoms. The summed E-state index contributed by atoms with van der Waals surface area (Å²) in [7, 11) is 0. The van der Waals surface area contributed by atoms with Crippen molar-refractivity contribution in [3.63, 3.8) is 0 Å². The molecular weight excluding hydrogens is 340 g/mol. The maximum atomic E-state index is 5.41. The number of nitrogens with one attached hydrogen (secondary N) is 1. The number of anilines is 1. The van der Waals surface area contributed by atoms with Crippen LogP contribution in [0.2, 0.25) is 0 Å². The summed E-state index contributed by atoms with van der Waals surface area (Å²) in [5, 5.41) is 12.1. The first-order valence-electron chi connectivity index (χ1n) is 9.74. The highest BCUT2D eigenvalue weighted by atomic mass is 16.5. The first-order valence-corrected chi connectivity index (χ1v) is 9.74. The van der Waals surface area contributed by atoms with Crippen molar-refractivity contribution in [1.82, 2.24) is 24.6 Å². The fraction of sp³-hybridized carbons (Fsp3) is 0.500. The number of pyridine rings is 1. The topological polar surface area (TPSA) is 77.2 Å². The first kappa shape index (κ1) is 17.9. The van der Waals surface area contributed by atoms with E-state index in [9.17, 15) is 0 Å². The fourth-order valence-corrected chi connectivity index (χ4v) is 3.31. The largest absolute Gasteiger partial charge is 0.381 e. The van der Waals surface area contributed by atoms with Gasteiger partial charge < -0.3 is 10.1 Å². The van der Waals surface area contributed by atoms with Gasteiger partial charge in [0.2, 0.25) is 5.95 Å². The molecule has 7 heteroatoms. The Bertz CT molecular complexity index is 902. The Balaban J connectivity index is 1.56. The van der Waals surface area contributed by atoms with E-state index < -0.39 is 0 Å². The molecule has 4 heterocycles. The Morgan fingerprint density at radius 1 is 1.26 bits per heavy atom. The quantitative estimate of drug-likeness (QED) is 0.721. The molecule has 1 aliphatic rings. The molecule has 1 fully saturated rings. The summed E-state index contributed by atoms with van der Waals surface area (Å²) in [5.74, 6) is 2.27. The van der Waals surface area contributed by atoms with Crippen molar-refractivity contribution in [2.75, 3.05) is 18.5 Å². The van der Waals surface area contributed by atoms with Crippen molar-refractivity contribution >= 4 is 11.6 Å². The highest BCUT2D eigenvalue weighted by Gasteiger charge is 2.15. The van der Waals surface area contributed by atoms with E-state index in [4.69, 9.17) is 9.72 Å². The Kier molecular flexibility index (Phi) is 5.29. The van der Waals surface area contributed by atoms with Crippen LogP contribution in [0.3, 0.4) is 0 Å². The van der Waals surface area contributed by atoms with Crippen LogP contribution in [0.5, 0.6) is 0 Å². The number of fused-ring (bicyclic) bond motifs is 1. The van der Waals surface area contributed by atoms with E-state index in [1.807, 2.05) is 18.3 Å². The van der Waals surface area contributed by atoms with Gasteiger partial charge in [-0.25, -0.2) is 9.97 Å². The summed E-state index contributed by atoms with van der Waals surface area (Å²) in [4.78, 5) is 9.06. The maximum Gasteiger partial charge on any atom is 0.223 e. The van der Waals surface area contributed by atoms with Gasteiger partial charge >= 0.3 is 0 Å². The van der Waals surface area contributed by atoms with Crippen LogP contribution in [-0.4, -0.2) is 43.8 Å². The predicted molar refractivity (Wildman–Crippen MR) is 105 cm³/mol. The molecule has 0 aromatic carbocycles. The van der Waals surface area contributed by atoms with E-state index in [0.717, 1.165) is 61.6 Å². The van der Waals surface area contributed by atoms with Crippen molar-refractivity contribution in [2.24, 2.45) is 5.92 Å². The van der Waals surface area contributed by atoms with Crippen molar-refractivity contribution in [3.05, 3.63) is 36.4 Å². The molecule has 1 atom stereocenters. The number of hydrogen-bond acceptors (Lipinski definition) is 6. The average Bonchev–Trinajstić information content (AvgIpc) is 3.11. The summed E-state index contributed by atoms with van der Waals surface area (Å²) >= 11 is 0. The average molecular weight is 366 g/mol. The minimum atomic E-state index is 0.371. The molecule has 1 saturated heterocycles. The molecule has 0 radical (unpaired) electrons. The Hall–Kier alpha value is -2.54. The van der Waals surface area contributed by atoms with Crippen LogP contribution >= 0.6 is 0 Å². The van der Waals surface area contributed by atoms with E-state index in [1.165, 1.54) is 0 Å². The van der Waals surface area contributed by atoms with Crippen LogP contribution in [0, 0.1) is 5.92 Å². The van der Waals surface area contributed by atoms with Gasteiger partial charge in [0.1, 0.15) is 5.82 Å². The Morgan fingerprint density at radius 3 is 2.93 bits per heavy atom. The monoisotopic (exact) mass is 366 g/mol. The zero-order chi connectivity index (χ0) is 18.6. The number of ether oxygens (including phenoxy) is 1. The number of nitrogens with zero attached hydrogens (tertiary/aromatic N) is 5. The first-order chi connectivity index (χ1) is 13.2. The standard InChI is InChI=1S/C20H26N6O/c1-3-14(2)12-18-24-25-19-13-15(5-9-26(18)19)17-4-8-21-20(23-17)22-16-6-10-27-11-7-16/h4-5,8-9,13-14,16H,3,6-7,10-12H2,1-2H3,(H,21,22,23)/t14-/m0/s1. The van der Waals surface area contributed by atoms with E-state index in [2.05, 4.69) is 44.8 Å². The number of aromatic nitrogens is 5. The lowest BCUT2D eigenvalue weighted by molar-refractivity contribution is 0.0903. The zero-order valence-electron chi connectivity index (χ0n) is 15.9. The van der Waals surface area contributed by atoms with E-state index in [-0.39, 0.29) is 0 Å². The van der Waals surface area contributed by atoms with Crippen molar-refractivity contribution < 1.29 is 4.74 Å². The molecule has 0 amide bonds. The molecule has 1 aliphatic heterocycles. The van der Waals surface area contributed by atoms with Crippen molar-refractivity contribution in [2.45, 2.75) is 45.6 Å². The van der Waals surface area contributed by atoms with Gasteiger partial charge in [0.05, 0.1) is 5.69 Å². The summed E-state index contributed by atoms with van der Waals surface area (Å²) < 4.78 is 7.48. The minimum Gasteiger partial charge on any atom is -0.381 e. The van der Waals surface area contributed by atoms with Crippen LogP contribution in [0.15, 0.2) is 30.6 Å². The maximum absolute atomic E-state index is 5.41. The van der Waals surface area contributed by atoms with Crippen LogP contribution < -0.4 is 5.32 Å². The lowest BCUT2D eigenvalue weighted by Gasteiger charge is -2.23. The van der Waals surface area contributed by atoms with Crippen LogP contribution in [-0.2, 0) is 11.2 Å². The molecule has 27 heavy (non-hydrogen) atoms. The summed E-state index contributed by atoms with van der Waals surface area (Å²) in [6.07, 6.45) is 7.87. The zero-order valence-corrected chi connectivity index (χ0v) is 15.9. The third-order valence-corrected chi connectivity index (χ3v) is 5.21.